The Morgan fingerprint density at radius 1 is 1.23 bits per heavy atom. The molecular formula is C22H22N2O2. The van der Waals surface area contributed by atoms with Crippen LogP contribution >= 0.6 is 0 Å². The van der Waals surface area contributed by atoms with Crippen LogP contribution in [0.5, 0.6) is 5.75 Å². The number of ether oxygens (including phenoxy) is 1. The van der Waals surface area contributed by atoms with Gasteiger partial charge in [-0.15, -0.1) is 0 Å². The number of nitrogens with one attached hydrogen (secondary N) is 1. The van der Waals surface area contributed by atoms with Gasteiger partial charge in [-0.3, -0.25) is 4.79 Å². The summed E-state index contributed by atoms with van der Waals surface area (Å²) in [4.78, 5) is 12.6. The Hall–Kier alpha value is -3.32. The van der Waals surface area contributed by atoms with Crippen LogP contribution in [0.3, 0.4) is 0 Å². The van der Waals surface area contributed by atoms with E-state index in [1.54, 1.807) is 18.2 Å². The van der Waals surface area contributed by atoms with Gasteiger partial charge in [0.2, 0.25) is 0 Å². The molecule has 4 heteroatoms. The van der Waals surface area contributed by atoms with Crippen molar-refractivity contribution in [3.63, 3.8) is 0 Å². The lowest BCUT2D eigenvalue weighted by molar-refractivity contribution is -0.112. The average molecular weight is 346 g/mol. The monoisotopic (exact) mass is 346 g/mol. The zero-order chi connectivity index (χ0) is 19.1. The number of carbonyl (C=O) groups excluding carboxylic acids is 1. The Labute approximate surface area is 154 Å². The Balaban J connectivity index is 2.32. The van der Waals surface area contributed by atoms with Crippen molar-refractivity contribution in [2.24, 2.45) is 0 Å². The van der Waals surface area contributed by atoms with Crippen molar-refractivity contribution in [1.29, 1.82) is 5.26 Å². The van der Waals surface area contributed by atoms with Gasteiger partial charge in [-0.1, -0.05) is 48.6 Å². The highest BCUT2D eigenvalue weighted by molar-refractivity contribution is 6.10. The number of rotatable bonds is 6. The van der Waals surface area contributed by atoms with Gasteiger partial charge in [0.15, 0.2) is 0 Å². The number of para-hydroxylation sites is 1. The maximum atomic E-state index is 12.6. The molecule has 2 aromatic carbocycles. The second kappa shape index (κ2) is 8.68. The van der Waals surface area contributed by atoms with E-state index in [4.69, 9.17) is 4.74 Å². The molecule has 0 aliphatic carbocycles. The summed E-state index contributed by atoms with van der Waals surface area (Å²) in [6, 6.07) is 13.2. The van der Waals surface area contributed by atoms with Crippen molar-refractivity contribution in [2.75, 3.05) is 11.9 Å². The van der Waals surface area contributed by atoms with E-state index in [-0.39, 0.29) is 5.57 Å². The number of nitriles is 1. The first-order valence-corrected chi connectivity index (χ1v) is 8.30. The van der Waals surface area contributed by atoms with Crippen LogP contribution in [-0.2, 0) is 4.79 Å². The van der Waals surface area contributed by atoms with Gasteiger partial charge in [-0.2, -0.15) is 5.26 Å². The SMILES string of the molecule is C=CCOc1ccccc1/C=C(\C#N)C(=O)Nc1c(C)cc(C)cc1C. The summed E-state index contributed by atoms with van der Waals surface area (Å²) in [5.74, 6) is 0.150. The van der Waals surface area contributed by atoms with E-state index in [1.807, 2.05) is 51.1 Å². The molecule has 0 aliphatic rings. The molecule has 0 spiro atoms. The highest BCUT2D eigenvalue weighted by Gasteiger charge is 2.14. The number of anilines is 1. The fourth-order valence-corrected chi connectivity index (χ4v) is 2.74. The van der Waals surface area contributed by atoms with E-state index in [1.165, 1.54) is 6.08 Å². The quantitative estimate of drug-likeness (QED) is 0.467. The van der Waals surface area contributed by atoms with Crippen molar-refractivity contribution in [1.82, 2.24) is 0 Å². The van der Waals surface area contributed by atoms with Crippen LogP contribution in [0.1, 0.15) is 22.3 Å². The van der Waals surface area contributed by atoms with E-state index >= 15 is 0 Å². The van der Waals surface area contributed by atoms with Gasteiger partial charge >= 0.3 is 0 Å². The largest absolute Gasteiger partial charge is 0.489 e. The third-order valence-electron chi connectivity index (χ3n) is 3.86. The van der Waals surface area contributed by atoms with Crippen molar-refractivity contribution >= 4 is 17.7 Å². The number of benzene rings is 2. The Morgan fingerprint density at radius 3 is 2.50 bits per heavy atom. The summed E-state index contributed by atoms with van der Waals surface area (Å²) in [6.07, 6.45) is 3.17. The summed E-state index contributed by atoms with van der Waals surface area (Å²) in [6.45, 7) is 9.85. The van der Waals surface area contributed by atoms with E-state index in [0.29, 0.717) is 17.9 Å². The first kappa shape index (κ1) is 19.0. The lowest BCUT2D eigenvalue weighted by Crippen LogP contribution is -2.15. The molecule has 0 atom stereocenters. The minimum absolute atomic E-state index is 0.0130. The van der Waals surface area contributed by atoms with E-state index in [9.17, 15) is 10.1 Å². The molecule has 1 N–H and O–H groups in total. The maximum Gasteiger partial charge on any atom is 0.266 e. The topological polar surface area (TPSA) is 62.1 Å². The number of hydrogen-bond acceptors (Lipinski definition) is 3. The molecule has 26 heavy (non-hydrogen) atoms. The van der Waals surface area contributed by atoms with Crippen LogP contribution in [0.2, 0.25) is 0 Å². The number of amides is 1. The third kappa shape index (κ3) is 4.61. The number of carbonyl (C=O) groups is 1. The van der Waals surface area contributed by atoms with Crippen LogP contribution in [-0.4, -0.2) is 12.5 Å². The highest BCUT2D eigenvalue weighted by atomic mass is 16.5. The second-order valence-electron chi connectivity index (χ2n) is 6.04. The lowest BCUT2D eigenvalue weighted by Gasteiger charge is -2.13. The Kier molecular flexibility index (Phi) is 6.35. The molecule has 0 bridgehead atoms. The zero-order valence-electron chi connectivity index (χ0n) is 15.3. The molecule has 0 unspecified atom stereocenters. The van der Waals surface area contributed by atoms with Gasteiger partial charge in [-0.05, 0) is 44.0 Å². The van der Waals surface area contributed by atoms with E-state index < -0.39 is 5.91 Å². The number of hydrogen-bond donors (Lipinski definition) is 1. The van der Waals surface area contributed by atoms with Crippen LogP contribution in [0.25, 0.3) is 6.08 Å². The third-order valence-corrected chi connectivity index (χ3v) is 3.86. The summed E-state index contributed by atoms with van der Waals surface area (Å²) in [5, 5.41) is 12.3. The summed E-state index contributed by atoms with van der Waals surface area (Å²) in [7, 11) is 0. The predicted molar refractivity (Wildman–Crippen MR) is 105 cm³/mol. The maximum absolute atomic E-state index is 12.6. The molecule has 4 nitrogen and oxygen atoms in total. The van der Waals surface area contributed by atoms with E-state index in [0.717, 1.165) is 22.4 Å². The van der Waals surface area contributed by atoms with Gasteiger partial charge in [0.25, 0.3) is 5.91 Å². The Bertz CT molecular complexity index is 882. The summed E-state index contributed by atoms with van der Waals surface area (Å²) >= 11 is 0. The molecule has 132 valence electrons. The minimum Gasteiger partial charge on any atom is -0.489 e. The molecule has 2 aromatic rings. The molecule has 0 fully saturated rings. The fourth-order valence-electron chi connectivity index (χ4n) is 2.74. The molecule has 2 rings (SSSR count). The summed E-state index contributed by atoms with van der Waals surface area (Å²) in [5.41, 5.74) is 4.46. The van der Waals surface area contributed by atoms with E-state index in [2.05, 4.69) is 11.9 Å². The molecule has 0 aliphatic heterocycles. The van der Waals surface area contributed by atoms with Crippen molar-refractivity contribution in [2.45, 2.75) is 20.8 Å². The smallest absolute Gasteiger partial charge is 0.266 e. The minimum atomic E-state index is -0.443. The molecular weight excluding hydrogens is 324 g/mol. The first-order chi connectivity index (χ1) is 12.5. The van der Waals surface area contributed by atoms with Crippen LogP contribution in [0.4, 0.5) is 5.69 Å². The molecule has 0 radical (unpaired) electrons. The van der Waals surface area contributed by atoms with Crippen molar-refractivity contribution in [3.8, 4) is 11.8 Å². The normalized spacial score (nSPS) is 10.8. The molecule has 0 saturated carbocycles. The van der Waals surface area contributed by atoms with Gasteiger partial charge in [-0.25, -0.2) is 0 Å². The summed E-state index contributed by atoms with van der Waals surface area (Å²) < 4.78 is 5.58. The number of nitrogens with zero attached hydrogens (tertiary/aromatic N) is 1. The van der Waals surface area contributed by atoms with Crippen LogP contribution in [0.15, 0.2) is 54.6 Å². The van der Waals surface area contributed by atoms with Crippen LogP contribution in [0, 0.1) is 32.1 Å². The van der Waals surface area contributed by atoms with Crippen molar-refractivity contribution < 1.29 is 9.53 Å². The zero-order valence-corrected chi connectivity index (χ0v) is 15.3. The van der Waals surface area contributed by atoms with Crippen LogP contribution < -0.4 is 10.1 Å². The average Bonchev–Trinajstić information content (AvgIpc) is 2.61. The second-order valence-corrected chi connectivity index (χ2v) is 6.04. The van der Waals surface area contributed by atoms with Gasteiger partial charge in [0.05, 0.1) is 0 Å². The lowest BCUT2D eigenvalue weighted by atomic mass is 10.0. The first-order valence-electron chi connectivity index (χ1n) is 8.30. The molecule has 0 aromatic heterocycles. The predicted octanol–water partition coefficient (Wildman–Crippen LogP) is 4.72. The van der Waals surface area contributed by atoms with Gasteiger partial charge < -0.3 is 10.1 Å². The fraction of sp³-hybridized carbons (Fsp3) is 0.182. The molecule has 0 saturated heterocycles. The number of aryl methyl sites for hydroxylation is 3. The highest BCUT2D eigenvalue weighted by Crippen LogP contribution is 2.24. The van der Waals surface area contributed by atoms with Crippen molar-refractivity contribution in [3.05, 3.63) is 76.9 Å². The Morgan fingerprint density at radius 2 is 1.88 bits per heavy atom. The standard InChI is InChI=1S/C22H22N2O2/c1-5-10-26-20-9-7-6-8-18(20)13-19(14-23)22(25)24-21-16(3)11-15(2)12-17(21)4/h5-9,11-13H,1,10H2,2-4H3,(H,24,25)/b19-13+. The molecule has 1 amide bonds. The molecule has 0 heterocycles. The van der Waals surface area contributed by atoms with Gasteiger partial charge in [0, 0.05) is 11.3 Å². The van der Waals surface area contributed by atoms with Gasteiger partial charge in [0.1, 0.15) is 24.0 Å².